The van der Waals surface area contributed by atoms with E-state index in [9.17, 15) is 13.2 Å². The summed E-state index contributed by atoms with van der Waals surface area (Å²) in [7, 11) is -2.65. The molecule has 6 nitrogen and oxygen atoms in total. The standard InChI is InChI=1S/C25H27ClN2O4S/c1-17-5-9-20(10-6-17)19(3)27-25(29)16-28(23-15-21(26)11-14-24(23)32-4)33(30,31)22-12-7-18(2)8-13-22/h5-15,19H,16H2,1-4H3,(H,27,29)/t19-/m1/s1. The molecule has 0 aliphatic rings. The van der Waals surface area contributed by atoms with Crippen LogP contribution in [0.3, 0.4) is 0 Å². The zero-order chi connectivity index (χ0) is 24.2. The molecule has 0 aliphatic heterocycles. The third-order valence-corrected chi connectivity index (χ3v) is 7.27. The Labute approximate surface area is 200 Å². The van der Waals surface area contributed by atoms with Crippen molar-refractivity contribution in [3.8, 4) is 5.75 Å². The number of methoxy groups -OCH3 is 1. The molecular formula is C25H27ClN2O4S. The van der Waals surface area contributed by atoms with E-state index in [1.54, 1.807) is 24.3 Å². The van der Waals surface area contributed by atoms with E-state index in [-0.39, 0.29) is 22.4 Å². The average Bonchev–Trinajstić information content (AvgIpc) is 2.78. The van der Waals surface area contributed by atoms with Crippen LogP contribution in [0.4, 0.5) is 5.69 Å². The van der Waals surface area contributed by atoms with Gasteiger partial charge in [0.2, 0.25) is 5.91 Å². The number of hydrogen-bond acceptors (Lipinski definition) is 4. The Morgan fingerprint density at radius 2 is 1.58 bits per heavy atom. The first kappa shape index (κ1) is 24.6. The van der Waals surface area contributed by atoms with Crippen LogP contribution in [-0.4, -0.2) is 28.0 Å². The van der Waals surface area contributed by atoms with Gasteiger partial charge in [0.05, 0.1) is 23.7 Å². The minimum absolute atomic E-state index is 0.0644. The SMILES string of the molecule is COc1ccc(Cl)cc1N(CC(=O)N[C@H](C)c1ccc(C)cc1)S(=O)(=O)c1ccc(C)cc1. The Morgan fingerprint density at radius 1 is 1.00 bits per heavy atom. The number of halogens is 1. The largest absolute Gasteiger partial charge is 0.495 e. The van der Waals surface area contributed by atoms with Gasteiger partial charge in [0.25, 0.3) is 10.0 Å². The predicted molar refractivity (Wildman–Crippen MR) is 131 cm³/mol. The summed E-state index contributed by atoms with van der Waals surface area (Å²) >= 11 is 6.17. The summed E-state index contributed by atoms with van der Waals surface area (Å²) in [5.41, 5.74) is 3.14. The van der Waals surface area contributed by atoms with Gasteiger partial charge in [-0.25, -0.2) is 8.42 Å². The van der Waals surface area contributed by atoms with Gasteiger partial charge in [-0.05, 0) is 56.7 Å². The van der Waals surface area contributed by atoms with Crippen molar-refractivity contribution in [2.75, 3.05) is 18.0 Å². The molecule has 0 aromatic heterocycles. The maximum atomic E-state index is 13.6. The number of carbonyl (C=O) groups excluding carboxylic acids is 1. The molecule has 0 fully saturated rings. The molecule has 1 amide bonds. The van der Waals surface area contributed by atoms with Gasteiger partial charge in [-0.3, -0.25) is 9.10 Å². The van der Waals surface area contributed by atoms with Crippen molar-refractivity contribution in [1.82, 2.24) is 5.32 Å². The number of ether oxygens (including phenoxy) is 1. The number of benzene rings is 3. The fourth-order valence-electron chi connectivity index (χ4n) is 3.35. The molecule has 3 aromatic carbocycles. The monoisotopic (exact) mass is 486 g/mol. The van der Waals surface area contributed by atoms with Gasteiger partial charge >= 0.3 is 0 Å². The molecule has 0 aliphatic carbocycles. The number of carbonyl (C=O) groups is 1. The van der Waals surface area contributed by atoms with Gasteiger partial charge in [0.1, 0.15) is 12.3 Å². The lowest BCUT2D eigenvalue weighted by molar-refractivity contribution is -0.120. The fourth-order valence-corrected chi connectivity index (χ4v) is 4.94. The van der Waals surface area contributed by atoms with Crippen LogP contribution in [0.1, 0.15) is 29.7 Å². The van der Waals surface area contributed by atoms with Crippen LogP contribution >= 0.6 is 11.6 Å². The van der Waals surface area contributed by atoms with E-state index >= 15 is 0 Å². The third kappa shape index (κ3) is 5.86. The van der Waals surface area contributed by atoms with Gasteiger partial charge in [-0.1, -0.05) is 59.1 Å². The van der Waals surface area contributed by atoms with Crippen LogP contribution in [-0.2, 0) is 14.8 Å². The van der Waals surface area contributed by atoms with E-state index in [4.69, 9.17) is 16.3 Å². The highest BCUT2D eigenvalue weighted by molar-refractivity contribution is 7.92. The molecule has 1 atom stereocenters. The van der Waals surface area contributed by atoms with Crippen LogP contribution in [0.5, 0.6) is 5.75 Å². The minimum Gasteiger partial charge on any atom is -0.495 e. The highest BCUT2D eigenvalue weighted by atomic mass is 35.5. The van der Waals surface area contributed by atoms with E-state index in [0.29, 0.717) is 5.02 Å². The first-order valence-electron chi connectivity index (χ1n) is 10.4. The normalized spacial score (nSPS) is 12.2. The number of sulfonamides is 1. The summed E-state index contributed by atoms with van der Waals surface area (Å²) in [6.45, 7) is 5.26. The molecule has 0 spiro atoms. The second-order valence-corrected chi connectivity index (χ2v) is 10.1. The molecule has 174 valence electrons. The second-order valence-electron chi connectivity index (χ2n) is 7.84. The molecule has 0 unspecified atom stereocenters. The van der Waals surface area contributed by atoms with Gasteiger partial charge in [-0.15, -0.1) is 0 Å². The second kappa shape index (κ2) is 10.3. The number of aryl methyl sites for hydroxylation is 2. The molecule has 3 rings (SSSR count). The lowest BCUT2D eigenvalue weighted by atomic mass is 10.1. The Hall–Kier alpha value is -3.03. The maximum Gasteiger partial charge on any atom is 0.264 e. The number of rotatable bonds is 8. The number of anilines is 1. The van der Waals surface area contributed by atoms with E-state index < -0.39 is 22.5 Å². The van der Waals surface area contributed by atoms with Crippen LogP contribution in [0, 0.1) is 13.8 Å². The van der Waals surface area contributed by atoms with Crippen LogP contribution in [0.25, 0.3) is 0 Å². The quantitative estimate of drug-likeness (QED) is 0.484. The molecule has 0 saturated heterocycles. The number of hydrogen-bond donors (Lipinski definition) is 1. The van der Waals surface area contributed by atoms with Gasteiger partial charge in [0, 0.05) is 5.02 Å². The van der Waals surface area contributed by atoms with Gasteiger partial charge in [-0.2, -0.15) is 0 Å². The number of amides is 1. The highest BCUT2D eigenvalue weighted by Crippen LogP contribution is 2.35. The van der Waals surface area contributed by atoms with Crippen LogP contribution in [0.2, 0.25) is 5.02 Å². The van der Waals surface area contributed by atoms with Gasteiger partial charge < -0.3 is 10.1 Å². The number of nitrogens with zero attached hydrogens (tertiary/aromatic N) is 1. The molecule has 3 aromatic rings. The molecule has 0 heterocycles. The summed E-state index contributed by atoms with van der Waals surface area (Å²) in [6, 6.07) is 18.6. The van der Waals surface area contributed by atoms with E-state index in [1.165, 1.54) is 25.3 Å². The number of nitrogens with one attached hydrogen (secondary N) is 1. The smallest absolute Gasteiger partial charge is 0.264 e. The summed E-state index contributed by atoms with van der Waals surface area (Å²) in [4.78, 5) is 13.1. The van der Waals surface area contributed by atoms with Crippen molar-refractivity contribution in [1.29, 1.82) is 0 Å². The first-order valence-corrected chi connectivity index (χ1v) is 12.2. The molecular weight excluding hydrogens is 460 g/mol. The van der Waals surface area contributed by atoms with Gasteiger partial charge in [0.15, 0.2) is 0 Å². The predicted octanol–water partition coefficient (Wildman–Crippen LogP) is 5.04. The molecule has 33 heavy (non-hydrogen) atoms. The Balaban J connectivity index is 1.97. The van der Waals surface area contributed by atoms with Crippen molar-refractivity contribution < 1.29 is 17.9 Å². The fraction of sp³-hybridized carbons (Fsp3) is 0.240. The maximum absolute atomic E-state index is 13.6. The van der Waals surface area contributed by atoms with Crippen molar-refractivity contribution in [2.45, 2.75) is 31.7 Å². The zero-order valence-electron chi connectivity index (χ0n) is 19.0. The van der Waals surface area contributed by atoms with Crippen molar-refractivity contribution in [3.63, 3.8) is 0 Å². The van der Waals surface area contributed by atoms with E-state index in [2.05, 4.69) is 5.32 Å². The third-order valence-electron chi connectivity index (χ3n) is 5.26. The molecule has 0 radical (unpaired) electrons. The van der Waals surface area contributed by atoms with Crippen molar-refractivity contribution in [2.24, 2.45) is 0 Å². The Morgan fingerprint density at radius 3 is 2.15 bits per heavy atom. The highest BCUT2D eigenvalue weighted by Gasteiger charge is 2.30. The minimum atomic E-state index is -4.09. The van der Waals surface area contributed by atoms with Crippen LogP contribution < -0.4 is 14.4 Å². The summed E-state index contributed by atoms with van der Waals surface area (Å²) in [5, 5.41) is 3.20. The summed E-state index contributed by atoms with van der Waals surface area (Å²) in [6.07, 6.45) is 0. The zero-order valence-corrected chi connectivity index (χ0v) is 20.6. The first-order chi connectivity index (χ1) is 15.6. The topological polar surface area (TPSA) is 75.7 Å². The molecule has 0 bridgehead atoms. The lowest BCUT2D eigenvalue weighted by Crippen LogP contribution is -2.41. The Kier molecular flexibility index (Phi) is 7.66. The summed E-state index contributed by atoms with van der Waals surface area (Å²) < 4.78 is 33.6. The van der Waals surface area contributed by atoms with Crippen molar-refractivity contribution in [3.05, 3.63) is 88.4 Å². The van der Waals surface area contributed by atoms with Crippen LogP contribution in [0.15, 0.2) is 71.6 Å². The van der Waals surface area contributed by atoms with E-state index in [1.807, 2.05) is 45.0 Å². The molecule has 1 N–H and O–H groups in total. The summed E-state index contributed by atoms with van der Waals surface area (Å²) in [5.74, 6) is -0.171. The van der Waals surface area contributed by atoms with Crippen molar-refractivity contribution >= 4 is 33.2 Å². The lowest BCUT2D eigenvalue weighted by Gasteiger charge is -2.26. The average molecular weight is 487 g/mol. The Bertz CT molecular complexity index is 1230. The molecule has 8 heteroatoms. The molecule has 0 saturated carbocycles. The van der Waals surface area contributed by atoms with E-state index in [0.717, 1.165) is 21.0 Å².